The maximum atomic E-state index is 13.7. The molecule has 0 aliphatic heterocycles. The number of hydrogen-bond acceptors (Lipinski definition) is 5. The monoisotopic (exact) mass is 323 g/mol. The van der Waals surface area contributed by atoms with E-state index in [1.807, 2.05) is 6.92 Å². The highest BCUT2D eigenvalue weighted by Gasteiger charge is 2.09. The lowest BCUT2D eigenvalue weighted by atomic mass is 10.2. The van der Waals surface area contributed by atoms with Gasteiger partial charge in [-0.1, -0.05) is 18.2 Å². The number of halogens is 1. The number of H-pyrrole nitrogens is 1. The van der Waals surface area contributed by atoms with Crippen LogP contribution in [0.25, 0.3) is 11.2 Å². The number of hydrogen-bond donors (Lipinski definition) is 2. The minimum Gasteiger partial charge on any atom is -0.338 e. The highest BCUT2D eigenvalue weighted by atomic mass is 19.1. The number of aromatic amines is 1. The molecule has 3 heterocycles. The van der Waals surface area contributed by atoms with E-state index < -0.39 is 0 Å². The third kappa shape index (κ3) is 2.69. The summed E-state index contributed by atoms with van der Waals surface area (Å²) >= 11 is 0. The van der Waals surface area contributed by atoms with Crippen LogP contribution in [0.15, 0.2) is 43.0 Å². The van der Waals surface area contributed by atoms with Gasteiger partial charge in [0.1, 0.15) is 23.5 Å². The molecule has 0 aliphatic carbocycles. The zero-order valence-corrected chi connectivity index (χ0v) is 12.9. The highest BCUT2D eigenvalue weighted by molar-refractivity contribution is 5.84. The molecule has 0 aliphatic rings. The van der Waals surface area contributed by atoms with E-state index in [4.69, 9.17) is 0 Å². The van der Waals surface area contributed by atoms with Crippen molar-refractivity contribution in [2.75, 3.05) is 5.32 Å². The van der Waals surface area contributed by atoms with Crippen LogP contribution in [0.3, 0.4) is 0 Å². The van der Waals surface area contributed by atoms with Gasteiger partial charge in [0.05, 0.1) is 18.4 Å². The molecular formula is C16H14FN7. The van der Waals surface area contributed by atoms with Crippen molar-refractivity contribution >= 4 is 22.7 Å². The molecule has 4 rings (SSSR count). The highest BCUT2D eigenvalue weighted by Crippen LogP contribution is 2.21. The zero-order valence-electron chi connectivity index (χ0n) is 12.9. The molecule has 0 fully saturated rings. The van der Waals surface area contributed by atoms with Crippen LogP contribution in [0.5, 0.6) is 0 Å². The van der Waals surface area contributed by atoms with Gasteiger partial charge in [-0.05, 0) is 13.0 Å². The number of benzene rings is 1. The van der Waals surface area contributed by atoms with Gasteiger partial charge in [0.15, 0.2) is 11.5 Å². The van der Waals surface area contributed by atoms with Crippen LogP contribution < -0.4 is 5.32 Å². The topological polar surface area (TPSA) is 84.3 Å². The van der Waals surface area contributed by atoms with Crippen molar-refractivity contribution < 1.29 is 4.39 Å². The summed E-state index contributed by atoms with van der Waals surface area (Å²) in [6, 6.07) is 6.66. The number of nitrogens with zero attached hydrogens (tertiary/aromatic N) is 5. The van der Waals surface area contributed by atoms with E-state index in [1.165, 1.54) is 12.4 Å². The van der Waals surface area contributed by atoms with E-state index in [-0.39, 0.29) is 5.82 Å². The Kier molecular flexibility index (Phi) is 3.42. The quantitative estimate of drug-likeness (QED) is 0.603. The maximum absolute atomic E-state index is 13.7. The molecule has 0 amide bonds. The van der Waals surface area contributed by atoms with Crippen molar-refractivity contribution in [3.63, 3.8) is 0 Å². The molecule has 0 saturated carbocycles. The van der Waals surface area contributed by atoms with E-state index in [9.17, 15) is 4.39 Å². The molecule has 3 aromatic heterocycles. The Morgan fingerprint density at radius 2 is 2.12 bits per heavy atom. The number of nitrogens with one attached hydrogen (secondary N) is 2. The fraction of sp³-hybridized carbons (Fsp3) is 0.125. The van der Waals surface area contributed by atoms with Crippen molar-refractivity contribution in [2.45, 2.75) is 13.5 Å². The fourth-order valence-corrected chi connectivity index (χ4v) is 2.49. The van der Waals surface area contributed by atoms with Crippen molar-refractivity contribution in [3.8, 4) is 0 Å². The van der Waals surface area contributed by atoms with E-state index in [2.05, 4.69) is 30.4 Å². The maximum Gasteiger partial charge on any atom is 0.183 e. The van der Waals surface area contributed by atoms with Crippen LogP contribution in [-0.2, 0) is 6.54 Å². The average Bonchev–Trinajstić information content (AvgIpc) is 3.16. The summed E-state index contributed by atoms with van der Waals surface area (Å²) in [6.07, 6.45) is 4.91. The van der Waals surface area contributed by atoms with Gasteiger partial charge in [0.25, 0.3) is 0 Å². The van der Waals surface area contributed by atoms with E-state index in [1.54, 1.807) is 35.3 Å². The van der Waals surface area contributed by atoms with Gasteiger partial charge < -0.3 is 10.3 Å². The Labute approximate surface area is 136 Å². The molecule has 120 valence electrons. The third-order valence-corrected chi connectivity index (χ3v) is 3.59. The van der Waals surface area contributed by atoms with Gasteiger partial charge in [-0.15, -0.1) is 0 Å². The minimum atomic E-state index is -0.243. The largest absolute Gasteiger partial charge is 0.338 e. The van der Waals surface area contributed by atoms with Crippen LogP contribution in [0.2, 0.25) is 0 Å². The molecule has 24 heavy (non-hydrogen) atoms. The Morgan fingerprint density at radius 3 is 3.00 bits per heavy atom. The molecule has 1 aromatic carbocycles. The Balaban J connectivity index is 1.58. The molecule has 0 bridgehead atoms. The van der Waals surface area contributed by atoms with Crippen molar-refractivity contribution in [1.29, 1.82) is 0 Å². The summed E-state index contributed by atoms with van der Waals surface area (Å²) in [4.78, 5) is 15.8. The molecule has 0 unspecified atom stereocenters. The Morgan fingerprint density at radius 1 is 1.25 bits per heavy atom. The van der Waals surface area contributed by atoms with Crippen LogP contribution in [0.4, 0.5) is 15.9 Å². The number of aromatic nitrogens is 6. The number of anilines is 2. The summed E-state index contributed by atoms with van der Waals surface area (Å²) in [5, 5.41) is 7.43. The molecule has 0 saturated heterocycles. The first-order chi connectivity index (χ1) is 11.7. The number of aryl methyl sites for hydroxylation is 1. The number of rotatable bonds is 4. The summed E-state index contributed by atoms with van der Waals surface area (Å²) in [6.45, 7) is 2.22. The second-order valence-electron chi connectivity index (χ2n) is 5.39. The molecular weight excluding hydrogens is 309 g/mol. The summed E-state index contributed by atoms with van der Waals surface area (Å²) < 4.78 is 15.4. The lowest BCUT2D eigenvalue weighted by Crippen LogP contribution is -2.02. The first-order valence-electron chi connectivity index (χ1n) is 7.39. The normalized spacial score (nSPS) is 11.1. The second kappa shape index (κ2) is 5.73. The first-order valence-corrected chi connectivity index (χ1v) is 7.39. The fourth-order valence-electron chi connectivity index (χ4n) is 2.49. The van der Waals surface area contributed by atoms with Gasteiger partial charge in [0, 0.05) is 11.8 Å². The minimum absolute atomic E-state index is 0.243. The lowest BCUT2D eigenvalue weighted by molar-refractivity contribution is 0.585. The third-order valence-electron chi connectivity index (χ3n) is 3.59. The van der Waals surface area contributed by atoms with Crippen molar-refractivity contribution in [3.05, 3.63) is 60.2 Å². The molecule has 0 spiro atoms. The molecule has 4 aromatic rings. The van der Waals surface area contributed by atoms with Gasteiger partial charge >= 0.3 is 0 Å². The van der Waals surface area contributed by atoms with Crippen LogP contribution in [0.1, 0.15) is 11.4 Å². The van der Waals surface area contributed by atoms with E-state index >= 15 is 0 Å². The second-order valence-corrected chi connectivity index (χ2v) is 5.39. The van der Waals surface area contributed by atoms with Gasteiger partial charge in [0.2, 0.25) is 0 Å². The standard InChI is InChI=1S/C16H14FN7/c1-10-21-14-15(22-10)18-9-19-16(14)23-12-6-20-24(8-12)7-11-4-2-3-5-13(11)17/h2-6,8-9H,7H2,1H3,(H2,18,19,21,22,23). The SMILES string of the molecule is Cc1nc2ncnc(Nc3cnn(Cc4ccccc4F)c3)c2[nH]1. The van der Waals surface area contributed by atoms with E-state index in [0.29, 0.717) is 23.6 Å². The molecule has 0 atom stereocenters. The molecule has 0 radical (unpaired) electrons. The Hall–Kier alpha value is -3.29. The smallest absolute Gasteiger partial charge is 0.183 e. The summed E-state index contributed by atoms with van der Waals surface area (Å²) in [7, 11) is 0. The summed E-state index contributed by atoms with van der Waals surface area (Å²) in [5.74, 6) is 1.14. The molecule has 2 N–H and O–H groups in total. The molecule has 7 nitrogen and oxygen atoms in total. The Bertz CT molecular complexity index is 1000. The van der Waals surface area contributed by atoms with Crippen LogP contribution in [-0.4, -0.2) is 29.7 Å². The van der Waals surface area contributed by atoms with E-state index in [0.717, 1.165) is 17.0 Å². The summed E-state index contributed by atoms with van der Waals surface area (Å²) in [5.41, 5.74) is 2.67. The number of fused-ring (bicyclic) bond motifs is 1. The van der Waals surface area contributed by atoms with Crippen molar-refractivity contribution in [1.82, 2.24) is 29.7 Å². The predicted molar refractivity (Wildman–Crippen MR) is 87.4 cm³/mol. The zero-order chi connectivity index (χ0) is 16.5. The van der Waals surface area contributed by atoms with Gasteiger partial charge in [-0.25, -0.2) is 19.3 Å². The predicted octanol–water partition coefficient (Wildman–Crippen LogP) is 2.79. The van der Waals surface area contributed by atoms with Crippen LogP contribution >= 0.6 is 0 Å². The molecule has 8 heteroatoms. The van der Waals surface area contributed by atoms with Gasteiger partial charge in [-0.2, -0.15) is 5.10 Å². The average molecular weight is 323 g/mol. The first kappa shape index (κ1) is 14.3. The van der Waals surface area contributed by atoms with Gasteiger partial charge in [-0.3, -0.25) is 4.68 Å². The van der Waals surface area contributed by atoms with Crippen molar-refractivity contribution in [2.24, 2.45) is 0 Å². The van der Waals surface area contributed by atoms with Crippen LogP contribution in [0, 0.1) is 12.7 Å². The lowest BCUT2D eigenvalue weighted by Gasteiger charge is -2.04. The number of imidazole rings is 1.